The van der Waals surface area contributed by atoms with Gasteiger partial charge in [-0.15, -0.1) is 0 Å². The average molecular weight is 353 g/mol. The molecular formula is C16H15BrClNO. The van der Waals surface area contributed by atoms with Crippen molar-refractivity contribution in [1.29, 1.82) is 0 Å². The Morgan fingerprint density at radius 1 is 1.15 bits per heavy atom. The molecule has 2 aromatic rings. The maximum absolute atomic E-state index is 12.0. The van der Waals surface area contributed by atoms with Crippen LogP contribution in [-0.2, 0) is 13.0 Å². The molecule has 0 fully saturated rings. The first kappa shape index (κ1) is 15.1. The maximum Gasteiger partial charge on any atom is 0.251 e. The molecule has 1 amide bonds. The molecular weight excluding hydrogens is 338 g/mol. The topological polar surface area (TPSA) is 29.1 Å². The van der Waals surface area contributed by atoms with Crippen LogP contribution in [0.4, 0.5) is 0 Å². The minimum Gasteiger partial charge on any atom is -0.348 e. The molecule has 20 heavy (non-hydrogen) atoms. The van der Waals surface area contributed by atoms with Crippen molar-refractivity contribution in [1.82, 2.24) is 5.32 Å². The van der Waals surface area contributed by atoms with Crippen LogP contribution in [0, 0.1) is 0 Å². The number of aryl methyl sites for hydroxylation is 1. The third-order valence-electron chi connectivity index (χ3n) is 3.07. The van der Waals surface area contributed by atoms with Crippen LogP contribution in [-0.4, -0.2) is 5.91 Å². The lowest BCUT2D eigenvalue weighted by Crippen LogP contribution is -2.22. The number of amides is 1. The van der Waals surface area contributed by atoms with Crippen LogP contribution in [0.3, 0.4) is 0 Å². The van der Waals surface area contributed by atoms with E-state index in [2.05, 4.69) is 40.3 Å². The lowest BCUT2D eigenvalue weighted by atomic mass is 10.1. The minimum atomic E-state index is -0.126. The van der Waals surface area contributed by atoms with Gasteiger partial charge in [-0.05, 0) is 51.7 Å². The normalized spacial score (nSPS) is 10.3. The highest BCUT2D eigenvalue weighted by molar-refractivity contribution is 9.10. The summed E-state index contributed by atoms with van der Waals surface area (Å²) < 4.78 is 0.783. The zero-order chi connectivity index (χ0) is 14.5. The van der Waals surface area contributed by atoms with Crippen LogP contribution >= 0.6 is 27.5 Å². The van der Waals surface area contributed by atoms with Crippen LogP contribution in [0.5, 0.6) is 0 Å². The molecule has 0 heterocycles. The summed E-state index contributed by atoms with van der Waals surface area (Å²) in [6.07, 6.45) is 1.02. The lowest BCUT2D eigenvalue weighted by Gasteiger charge is -2.07. The van der Waals surface area contributed by atoms with Crippen molar-refractivity contribution in [2.45, 2.75) is 19.9 Å². The number of hydrogen-bond acceptors (Lipinski definition) is 1. The van der Waals surface area contributed by atoms with Gasteiger partial charge < -0.3 is 5.32 Å². The van der Waals surface area contributed by atoms with Gasteiger partial charge >= 0.3 is 0 Å². The number of nitrogens with one attached hydrogen (secondary N) is 1. The third kappa shape index (κ3) is 3.84. The molecule has 0 aliphatic carbocycles. The lowest BCUT2D eigenvalue weighted by molar-refractivity contribution is 0.0951. The maximum atomic E-state index is 12.0. The van der Waals surface area contributed by atoms with E-state index in [9.17, 15) is 4.79 Å². The Morgan fingerprint density at radius 3 is 2.40 bits per heavy atom. The second-order valence-electron chi connectivity index (χ2n) is 4.48. The van der Waals surface area contributed by atoms with E-state index in [0.29, 0.717) is 17.1 Å². The molecule has 2 rings (SSSR count). The van der Waals surface area contributed by atoms with Gasteiger partial charge in [-0.3, -0.25) is 4.79 Å². The molecule has 104 valence electrons. The van der Waals surface area contributed by atoms with Gasteiger partial charge in [-0.1, -0.05) is 42.8 Å². The molecule has 0 aromatic heterocycles. The highest BCUT2D eigenvalue weighted by atomic mass is 79.9. The van der Waals surface area contributed by atoms with E-state index in [0.717, 1.165) is 16.5 Å². The SMILES string of the molecule is CCc1ccc(CNC(=O)c2ccc(Br)c(Cl)c2)cc1. The first-order valence-electron chi connectivity index (χ1n) is 6.41. The molecule has 0 saturated carbocycles. The summed E-state index contributed by atoms with van der Waals surface area (Å²) in [5, 5.41) is 3.42. The highest BCUT2D eigenvalue weighted by Crippen LogP contribution is 2.23. The predicted molar refractivity (Wildman–Crippen MR) is 86.1 cm³/mol. The number of halogens is 2. The van der Waals surface area contributed by atoms with Crippen molar-refractivity contribution >= 4 is 33.4 Å². The standard InChI is InChI=1S/C16H15BrClNO/c1-2-11-3-5-12(6-4-11)10-19-16(20)13-7-8-14(17)15(18)9-13/h3-9H,2,10H2,1H3,(H,19,20). The van der Waals surface area contributed by atoms with Crippen molar-refractivity contribution in [3.8, 4) is 0 Å². The van der Waals surface area contributed by atoms with Gasteiger partial charge in [0.25, 0.3) is 5.91 Å². The zero-order valence-electron chi connectivity index (χ0n) is 11.1. The van der Waals surface area contributed by atoms with Crippen molar-refractivity contribution < 1.29 is 4.79 Å². The first-order valence-corrected chi connectivity index (χ1v) is 7.58. The van der Waals surface area contributed by atoms with E-state index in [1.54, 1.807) is 18.2 Å². The second-order valence-corrected chi connectivity index (χ2v) is 5.74. The first-order chi connectivity index (χ1) is 9.60. The molecule has 0 saturated heterocycles. The predicted octanol–water partition coefficient (Wildman–Crippen LogP) is 4.59. The van der Waals surface area contributed by atoms with E-state index in [1.807, 2.05) is 12.1 Å². The average Bonchev–Trinajstić information content (AvgIpc) is 2.48. The fraction of sp³-hybridized carbons (Fsp3) is 0.188. The second kappa shape index (κ2) is 6.91. The molecule has 0 radical (unpaired) electrons. The Morgan fingerprint density at radius 2 is 1.80 bits per heavy atom. The van der Waals surface area contributed by atoms with Gasteiger partial charge in [0.05, 0.1) is 5.02 Å². The van der Waals surface area contributed by atoms with Crippen LogP contribution in [0.15, 0.2) is 46.9 Å². The van der Waals surface area contributed by atoms with Crippen LogP contribution in [0.2, 0.25) is 5.02 Å². The Bertz CT molecular complexity index is 610. The van der Waals surface area contributed by atoms with E-state index in [-0.39, 0.29) is 5.91 Å². The quantitative estimate of drug-likeness (QED) is 0.856. The van der Waals surface area contributed by atoms with Crippen LogP contribution in [0.1, 0.15) is 28.4 Å². The van der Waals surface area contributed by atoms with Gasteiger partial charge in [-0.2, -0.15) is 0 Å². The number of rotatable bonds is 4. The fourth-order valence-corrected chi connectivity index (χ4v) is 2.24. The van der Waals surface area contributed by atoms with Crippen LogP contribution in [0.25, 0.3) is 0 Å². The number of carbonyl (C=O) groups excluding carboxylic acids is 1. The Balaban J connectivity index is 1.98. The van der Waals surface area contributed by atoms with E-state index >= 15 is 0 Å². The van der Waals surface area contributed by atoms with Crippen molar-refractivity contribution in [2.24, 2.45) is 0 Å². The van der Waals surface area contributed by atoms with E-state index in [4.69, 9.17) is 11.6 Å². The summed E-state index contributed by atoms with van der Waals surface area (Å²) in [7, 11) is 0. The molecule has 4 heteroatoms. The third-order valence-corrected chi connectivity index (χ3v) is 4.30. The van der Waals surface area contributed by atoms with Gasteiger partial charge in [0.2, 0.25) is 0 Å². The van der Waals surface area contributed by atoms with E-state index in [1.165, 1.54) is 5.56 Å². The fourth-order valence-electron chi connectivity index (χ4n) is 1.81. The molecule has 0 aliphatic rings. The molecule has 1 N–H and O–H groups in total. The van der Waals surface area contributed by atoms with Crippen molar-refractivity contribution in [3.63, 3.8) is 0 Å². The summed E-state index contributed by atoms with van der Waals surface area (Å²) in [6.45, 7) is 2.63. The van der Waals surface area contributed by atoms with Crippen molar-refractivity contribution in [2.75, 3.05) is 0 Å². The van der Waals surface area contributed by atoms with Crippen LogP contribution < -0.4 is 5.32 Å². The molecule has 0 unspecified atom stereocenters. The highest BCUT2D eigenvalue weighted by Gasteiger charge is 2.07. The molecule has 0 atom stereocenters. The zero-order valence-corrected chi connectivity index (χ0v) is 13.5. The largest absolute Gasteiger partial charge is 0.348 e. The minimum absolute atomic E-state index is 0.126. The Hall–Kier alpha value is -1.32. The molecule has 2 aromatic carbocycles. The summed E-state index contributed by atoms with van der Waals surface area (Å²) in [4.78, 5) is 12.0. The van der Waals surface area contributed by atoms with Gasteiger partial charge in [0, 0.05) is 16.6 Å². The van der Waals surface area contributed by atoms with Crippen molar-refractivity contribution in [3.05, 3.63) is 68.7 Å². The summed E-state index contributed by atoms with van der Waals surface area (Å²) in [5.41, 5.74) is 2.93. The Kier molecular flexibility index (Phi) is 5.21. The smallest absolute Gasteiger partial charge is 0.251 e. The molecule has 0 aliphatic heterocycles. The molecule has 0 bridgehead atoms. The number of benzene rings is 2. The van der Waals surface area contributed by atoms with Gasteiger partial charge in [-0.25, -0.2) is 0 Å². The van der Waals surface area contributed by atoms with Gasteiger partial charge in [0.1, 0.15) is 0 Å². The summed E-state index contributed by atoms with van der Waals surface area (Å²) in [5.74, 6) is -0.126. The molecule has 0 spiro atoms. The monoisotopic (exact) mass is 351 g/mol. The number of carbonyl (C=O) groups is 1. The summed E-state index contributed by atoms with van der Waals surface area (Å²) in [6, 6.07) is 13.4. The summed E-state index contributed by atoms with van der Waals surface area (Å²) >= 11 is 9.29. The number of hydrogen-bond donors (Lipinski definition) is 1. The van der Waals surface area contributed by atoms with E-state index < -0.39 is 0 Å². The Labute approximate surface area is 132 Å². The molecule has 2 nitrogen and oxygen atoms in total. The van der Waals surface area contributed by atoms with Gasteiger partial charge in [0.15, 0.2) is 0 Å².